The van der Waals surface area contributed by atoms with E-state index in [4.69, 9.17) is 14.2 Å². The predicted octanol–water partition coefficient (Wildman–Crippen LogP) is 4.53. The number of hydrogen-bond acceptors (Lipinski definition) is 6. The zero-order valence-corrected chi connectivity index (χ0v) is 19.2. The van der Waals surface area contributed by atoms with Gasteiger partial charge < -0.3 is 19.5 Å². The number of fused-ring (bicyclic) bond motifs is 1. The number of carbonyl (C=O) groups excluding carboxylic acids is 2. The van der Waals surface area contributed by atoms with Crippen LogP contribution in [0.2, 0.25) is 0 Å². The molecule has 0 saturated carbocycles. The summed E-state index contributed by atoms with van der Waals surface area (Å²) in [5.41, 5.74) is 2.79. The number of benzene rings is 3. The van der Waals surface area contributed by atoms with Crippen molar-refractivity contribution in [3.8, 4) is 22.8 Å². The minimum atomic E-state index is -0.659. The number of ether oxygens (including phenoxy) is 3. The molecule has 0 saturated heterocycles. The van der Waals surface area contributed by atoms with E-state index in [0.717, 1.165) is 5.56 Å². The second kappa shape index (κ2) is 10.6. The van der Waals surface area contributed by atoms with Gasteiger partial charge in [-0.05, 0) is 54.1 Å². The zero-order chi connectivity index (χ0) is 24.8. The number of pyridine rings is 1. The molecule has 4 aromatic rings. The summed E-state index contributed by atoms with van der Waals surface area (Å²) in [7, 11) is 3.08. The molecule has 0 spiro atoms. The number of amides is 1. The molecule has 1 N–H and O–H groups in total. The van der Waals surface area contributed by atoms with Gasteiger partial charge in [0.05, 0.1) is 31.0 Å². The number of nitrogens with zero attached hydrogens (tertiary/aromatic N) is 1. The molecule has 0 bridgehead atoms. The fourth-order valence-electron chi connectivity index (χ4n) is 3.56. The summed E-state index contributed by atoms with van der Waals surface area (Å²) in [5, 5.41) is 3.31. The van der Waals surface area contributed by atoms with Gasteiger partial charge in [-0.15, -0.1) is 0 Å². The first-order valence-corrected chi connectivity index (χ1v) is 10.8. The average Bonchev–Trinajstić information content (AvgIpc) is 2.90. The molecule has 178 valence electrons. The standard InChI is InChI=1S/C27H23FN2O5/c1-33-24-12-7-17(13-25(24)34-2)15-29-26(31)16-35-27(32)21-14-23(18-8-10-19(28)11-9-18)30-22-6-4-3-5-20(21)22/h3-14H,15-16H2,1-2H3,(H,29,31). The van der Waals surface area contributed by atoms with E-state index in [1.54, 1.807) is 67.8 Å². The van der Waals surface area contributed by atoms with E-state index < -0.39 is 18.5 Å². The number of aromatic nitrogens is 1. The van der Waals surface area contributed by atoms with Crippen LogP contribution in [-0.4, -0.2) is 37.7 Å². The lowest BCUT2D eigenvalue weighted by Crippen LogP contribution is -2.28. The van der Waals surface area contributed by atoms with E-state index in [9.17, 15) is 14.0 Å². The Balaban J connectivity index is 1.45. The van der Waals surface area contributed by atoms with Crippen LogP contribution in [0.15, 0.2) is 72.8 Å². The number of rotatable bonds is 8. The molecule has 0 radical (unpaired) electrons. The van der Waals surface area contributed by atoms with Gasteiger partial charge in [0.25, 0.3) is 5.91 Å². The van der Waals surface area contributed by atoms with Crippen molar-refractivity contribution >= 4 is 22.8 Å². The maximum atomic E-state index is 13.3. The van der Waals surface area contributed by atoms with Crippen molar-refractivity contribution in [3.63, 3.8) is 0 Å². The molecule has 0 unspecified atom stereocenters. The highest BCUT2D eigenvalue weighted by atomic mass is 19.1. The van der Waals surface area contributed by atoms with E-state index in [-0.39, 0.29) is 17.9 Å². The maximum Gasteiger partial charge on any atom is 0.339 e. The summed E-state index contributed by atoms with van der Waals surface area (Å²) in [5.74, 6) is -0.347. The van der Waals surface area contributed by atoms with Crippen LogP contribution >= 0.6 is 0 Å². The van der Waals surface area contributed by atoms with E-state index in [1.807, 2.05) is 0 Å². The van der Waals surface area contributed by atoms with E-state index >= 15 is 0 Å². The monoisotopic (exact) mass is 474 g/mol. The fraction of sp³-hybridized carbons (Fsp3) is 0.148. The fourth-order valence-corrected chi connectivity index (χ4v) is 3.56. The minimum absolute atomic E-state index is 0.226. The lowest BCUT2D eigenvalue weighted by Gasteiger charge is -2.11. The molecule has 0 fully saturated rings. The lowest BCUT2D eigenvalue weighted by molar-refractivity contribution is -0.124. The third-order valence-corrected chi connectivity index (χ3v) is 5.35. The van der Waals surface area contributed by atoms with Crippen LogP contribution in [0.1, 0.15) is 15.9 Å². The summed E-state index contributed by atoms with van der Waals surface area (Å²) in [4.78, 5) is 29.8. The van der Waals surface area contributed by atoms with Crippen molar-refractivity contribution in [2.75, 3.05) is 20.8 Å². The van der Waals surface area contributed by atoms with Crippen LogP contribution in [0.5, 0.6) is 11.5 Å². The summed E-state index contributed by atoms with van der Waals surface area (Å²) >= 11 is 0. The van der Waals surface area contributed by atoms with Crippen LogP contribution in [0.3, 0.4) is 0 Å². The number of halogens is 1. The molecule has 1 heterocycles. The number of methoxy groups -OCH3 is 2. The van der Waals surface area contributed by atoms with Gasteiger partial charge in [-0.25, -0.2) is 14.2 Å². The largest absolute Gasteiger partial charge is 0.493 e. The van der Waals surface area contributed by atoms with Crippen LogP contribution in [0, 0.1) is 5.82 Å². The number of nitrogens with one attached hydrogen (secondary N) is 1. The van der Waals surface area contributed by atoms with Gasteiger partial charge in [-0.2, -0.15) is 0 Å². The molecule has 1 aromatic heterocycles. The minimum Gasteiger partial charge on any atom is -0.493 e. The molecule has 4 rings (SSSR count). The van der Waals surface area contributed by atoms with Crippen LogP contribution in [-0.2, 0) is 16.1 Å². The Bertz CT molecular complexity index is 1370. The summed E-state index contributed by atoms with van der Waals surface area (Å²) in [6, 6.07) is 19.8. The third kappa shape index (κ3) is 5.55. The van der Waals surface area contributed by atoms with Gasteiger partial charge in [-0.1, -0.05) is 24.3 Å². The SMILES string of the molecule is COc1ccc(CNC(=O)COC(=O)c2cc(-c3ccc(F)cc3)nc3ccccc23)cc1OC. The summed E-state index contributed by atoms with van der Waals surface area (Å²) in [6.45, 7) is -0.224. The van der Waals surface area contributed by atoms with Crippen LogP contribution in [0.25, 0.3) is 22.2 Å². The van der Waals surface area contributed by atoms with E-state index in [2.05, 4.69) is 10.3 Å². The Labute approximate surface area is 201 Å². The maximum absolute atomic E-state index is 13.3. The molecule has 7 nitrogen and oxygen atoms in total. The highest BCUT2D eigenvalue weighted by Gasteiger charge is 2.17. The topological polar surface area (TPSA) is 86.8 Å². The molecular weight excluding hydrogens is 451 g/mol. The quantitative estimate of drug-likeness (QED) is 0.378. The van der Waals surface area contributed by atoms with Crippen LogP contribution < -0.4 is 14.8 Å². The van der Waals surface area contributed by atoms with Gasteiger partial charge in [0.1, 0.15) is 5.82 Å². The van der Waals surface area contributed by atoms with Gasteiger partial charge in [0, 0.05) is 17.5 Å². The third-order valence-electron chi connectivity index (χ3n) is 5.35. The highest BCUT2D eigenvalue weighted by Crippen LogP contribution is 2.28. The Morgan fingerprint density at radius 3 is 2.40 bits per heavy atom. The first-order chi connectivity index (χ1) is 17.0. The highest BCUT2D eigenvalue weighted by molar-refractivity contribution is 6.05. The van der Waals surface area contributed by atoms with Crippen molar-refractivity contribution in [2.24, 2.45) is 0 Å². The molecule has 0 aliphatic rings. The summed E-state index contributed by atoms with van der Waals surface area (Å²) in [6.07, 6.45) is 0. The molecule has 0 aliphatic heterocycles. The number of hydrogen-bond donors (Lipinski definition) is 1. The number of carbonyl (C=O) groups is 2. The molecule has 8 heteroatoms. The first-order valence-electron chi connectivity index (χ1n) is 10.8. The van der Waals surface area contributed by atoms with Crippen molar-refractivity contribution in [2.45, 2.75) is 6.54 Å². The van der Waals surface area contributed by atoms with Gasteiger partial charge in [-0.3, -0.25) is 4.79 Å². The van der Waals surface area contributed by atoms with Crippen molar-refractivity contribution in [3.05, 3.63) is 89.7 Å². The van der Waals surface area contributed by atoms with E-state index in [0.29, 0.717) is 33.7 Å². The Hall–Kier alpha value is -4.46. The van der Waals surface area contributed by atoms with Crippen molar-refractivity contribution in [1.82, 2.24) is 10.3 Å². The Morgan fingerprint density at radius 2 is 1.66 bits per heavy atom. The van der Waals surface area contributed by atoms with Gasteiger partial charge in [0.2, 0.25) is 0 Å². The van der Waals surface area contributed by atoms with Crippen LogP contribution in [0.4, 0.5) is 4.39 Å². The molecule has 35 heavy (non-hydrogen) atoms. The van der Waals surface area contributed by atoms with Gasteiger partial charge >= 0.3 is 5.97 Å². The second-order valence-corrected chi connectivity index (χ2v) is 7.62. The van der Waals surface area contributed by atoms with Crippen molar-refractivity contribution in [1.29, 1.82) is 0 Å². The first kappa shape index (κ1) is 23.7. The Kier molecular flexibility index (Phi) is 7.21. The van der Waals surface area contributed by atoms with Crippen molar-refractivity contribution < 1.29 is 28.2 Å². The predicted molar refractivity (Wildman–Crippen MR) is 129 cm³/mol. The van der Waals surface area contributed by atoms with E-state index in [1.165, 1.54) is 19.2 Å². The number of para-hydroxylation sites is 1. The summed E-state index contributed by atoms with van der Waals surface area (Å²) < 4.78 is 29.1. The Morgan fingerprint density at radius 1 is 0.914 bits per heavy atom. The number of esters is 1. The molecule has 0 atom stereocenters. The second-order valence-electron chi connectivity index (χ2n) is 7.62. The molecule has 1 amide bonds. The molecule has 0 aliphatic carbocycles. The molecular formula is C27H23FN2O5. The normalized spacial score (nSPS) is 10.6. The molecule has 3 aromatic carbocycles. The van der Waals surface area contributed by atoms with Gasteiger partial charge in [0.15, 0.2) is 18.1 Å². The lowest BCUT2D eigenvalue weighted by atomic mass is 10.0. The average molecular weight is 474 g/mol. The zero-order valence-electron chi connectivity index (χ0n) is 19.2. The smallest absolute Gasteiger partial charge is 0.339 e.